The predicted molar refractivity (Wildman–Crippen MR) is 63.4 cm³/mol. The van der Waals surface area contributed by atoms with E-state index in [0.29, 0.717) is 5.70 Å². The molecule has 3 aliphatic carbocycles. The van der Waals surface area contributed by atoms with E-state index in [2.05, 4.69) is 15.5 Å². The van der Waals surface area contributed by atoms with Crippen LogP contribution in [0.1, 0.15) is 25.7 Å². The molecule has 0 bridgehead atoms. The first-order valence-corrected chi connectivity index (χ1v) is 6.26. The maximum atomic E-state index is 12.2. The molecule has 5 heteroatoms. The average Bonchev–Trinajstić information content (AvgIpc) is 2.81. The van der Waals surface area contributed by atoms with Crippen molar-refractivity contribution in [3.05, 3.63) is 34.2 Å². The molecular weight excluding hydrogens is 230 g/mol. The summed E-state index contributed by atoms with van der Waals surface area (Å²) in [5, 5.41) is 20.3. The molecule has 0 aromatic heterocycles. The number of allylic oxidation sites excluding steroid dienone is 3. The van der Waals surface area contributed by atoms with E-state index in [-0.39, 0.29) is 12.5 Å². The molecule has 2 saturated carbocycles. The smallest absolute Gasteiger partial charge is 0.273 e. The highest BCUT2D eigenvalue weighted by atomic mass is 16.3. The number of carbonyl (C=O) groups excluding carboxylic acids is 1. The van der Waals surface area contributed by atoms with Crippen LogP contribution in [0.3, 0.4) is 0 Å². The minimum Gasteiger partial charge on any atom is -0.394 e. The molecule has 0 spiro atoms. The summed E-state index contributed by atoms with van der Waals surface area (Å²) in [5.74, 6) is -0.212. The summed E-state index contributed by atoms with van der Waals surface area (Å²) in [6.07, 6.45) is 5.72. The first kappa shape index (κ1) is 10.2. The van der Waals surface area contributed by atoms with Crippen LogP contribution < -0.4 is 5.32 Å². The van der Waals surface area contributed by atoms with Gasteiger partial charge in [0.2, 0.25) is 0 Å². The van der Waals surface area contributed by atoms with Gasteiger partial charge in [0, 0.05) is 12.0 Å². The van der Waals surface area contributed by atoms with Crippen molar-refractivity contribution in [1.29, 1.82) is 0 Å². The van der Waals surface area contributed by atoms with Crippen LogP contribution in [-0.2, 0) is 4.79 Å². The molecule has 4 rings (SSSR count). The normalized spacial score (nSPS) is 25.7. The number of hydrogen-bond donors (Lipinski definition) is 2. The Bertz CT molecular complexity index is 586. The van der Waals surface area contributed by atoms with E-state index in [1.807, 2.05) is 6.08 Å². The summed E-state index contributed by atoms with van der Waals surface area (Å²) >= 11 is 0. The number of nitrogens with one attached hydrogen (secondary N) is 1. The third-order valence-electron chi connectivity index (χ3n) is 4.20. The molecule has 0 radical (unpaired) electrons. The van der Waals surface area contributed by atoms with Crippen LogP contribution in [0, 0.1) is 0 Å². The van der Waals surface area contributed by atoms with Gasteiger partial charge in [-0.05, 0) is 36.5 Å². The van der Waals surface area contributed by atoms with Gasteiger partial charge in [0.1, 0.15) is 0 Å². The second-order valence-corrected chi connectivity index (χ2v) is 5.38. The standard InChI is InChI=1S/C13H13N3O2/c17-6-13(2-1-3-13)14-12(18)11-9-5-7-4-8(7)10(9)15-16-11/h5,17H,1-4,6H2,(H,14,18). The molecule has 0 saturated heterocycles. The van der Waals surface area contributed by atoms with Gasteiger partial charge < -0.3 is 10.4 Å². The number of amides is 1. The summed E-state index contributed by atoms with van der Waals surface area (Å²) in [4.78, 5) is 12.2. The highest BCUT2D eigenvalue weighted by molar-refractivity contribution is 5.97. The van der Waals surface area contributed by atoms with Gasteiger partial charge in [-0.1, -0.05) is 0 Å². The van der Waals surface area contributed by atoms with E-state index in [9.17, 15) is 9.90 Å². The van der Waals surface area contributed by atoms with Crippen LogP contribution in [0.2, 0.25) is 0 Å². The van der Waals surface area contributed by atoms with Crippen LogP contribution in [-0.4, -0.2) is 23.2 Å². The van der Waals surface area contributed by atoms with Gasteiger partial charge >= 0.3 is 0 Å². The predicted octanol–water partition coefficient (Wildman–Crippen LogP) is 1.34. The Morgan fingerprint density at radius 1 is 1.44 bits per heavy atom. The van der Waals surface area contributed by atoms with Crippen LogP contribution >= 0.6 is 0 Å². The second-order valence-electron chi connectivity index (χ2n) is 5.38. The molecule has 92 valence electrons. The van der Waals surface area contributed by atoms with E-state index in [1.54, 1.807) is 0 Å². The summed E-state index contributed by atoms with van der Waals surface area (Å²) in [6.45, 7) is -0.00642. The molecular formula is C13H13N3O2. The average molecular weight is 243 g/mol. The summed E-state index contributed by atoms with van der Waals surface area (Å²) in [7, 11) is 0. The second kappa shape index (κ2) is 3.17. The first-order chi connectivity index (χ1) is 8.72. The Kier molecular flexibility index (Phi) is 1.80. The van der Waals surface area contributed by atoms with Crippen molar-refractivity contribution in [3.63, 3.8) is 0 Å². The third kappa shape index (κ3) is 1.22. The molecule has 0 unspecified atom stereocenters. The fourth-order valence-electron chi connectivity index (χ4n) is 2.77. The lowest BCUT2D eigenvalue weighted by Crippen LogP contribution is -2.56. The third-order valence-corrected chi connectivity index (χ3v) is 4.20. The van der Waals surface area contributed by atoms with Crippen LogP contribution in [0.4, 0.5) is 0 Å². The van der Waals surface area contributed by atoms with Crippen LogP contribution in [0.5, 0.6) is 0 Å². The molecule has 1 aliphatic heterocycles. The van der Waals surface area contributed by atoms with Gasteiger partial charge in [0.05, 0.1) is 17.8 Å². The molecule has 0 atom stereocenters. The Hall–Kier alpha value is -1.75. The Morgan fingerprint density at radius 2 is 2.28 bits per heavy atom. The number of fused-ring (bicyclic) bond motifs is 2. The van der Waals surface area contributed by atoms with Gasteiger partial charge in [-0.3, -0.25) is 4.79 Å². The van der Waals surface area contributed by atoms with Crippen molar-refractivity contribution in [3.8, 4) is 0 Å². The molecule has 18 heavy (non-hydrogen) atoms. The summed E-state index contributed by atoms with van der Waals surface area (Å²) < 4.78 is 0. The Balaban J connectivity index is 1.60. The van der Waals surface area contributed by atoms with Gasteiger partial charge in [-0.25, -0.2) is 0 Å². The van der Waals surface area contributed by atoms with E-state index in [1.165, 1.54) is 11.1 Å². The van der Waals surface area contributed by atoms with Gasteiger partial charge in [0.15, 0.2) is 5.70 Å². The lowest BCUT2D eigenvalue weighted by atomic mass is 9.77. The van der Waals surface area contributed by atoms with Crippen molar-refractivity contribution < 1.29 is 9.90 Å². The van der Waals surface area contributed by atoms with Crippen molar-refractivity contribution in [2.45, 2.75) is 31.2 Å². The minimum absolute atomic E-state index is 0.00642. The fourth-order valence-corrected chi connectivity index (χ4v) is 2.77. The van der Waals surface area contributed by atoms with E-state index in [0.717, 1.165) is 37.0 Å². The molecule has 4 aliphatic rings. The molecule has 5 nitrogen and oxygen atoms in total. The van der Waals surface area contributed by atoms with E-state index in [4.69, 9.17) is 0 Å². The molecule has 2 N–H and O–H groups in total. The van der Waals surface area contributed by atoms with Crippen molar-refractivity contribution in [2.75, 3.05) is 6.61 Å². The number of hydrogen-bond acceptors (Lipinski definition) is 4. The Morgan fingerprint density at radius 3 is 2.94 bits per heavy atom. The van der Waals surface area contributed by atoms with Crippen molar-refractivity contribution in [2.24, 2.45) is 10.2 Å². The number of aliphatic hydroxyl groups is 1. The zero-order chi connectivity index (χ0) is 12.3. The minimum atomic E-state index is -0.426. The van der Waals surface area contributed by atoms with Gasteiger partial charge in [0.25, 0.3) is 5.91 Å². The van der Waals surface area contributed by atoms with Crippen LogP contribution in [0.25, 0.3) is 0 Å². The quantitative estimate of drug-likeness (QED) is 0.784. The first-order valence-electron chi connectivity index (χ1n) is 6.26. The summed E-state index contributed by atoms with van der Waals surface area (Å²) in [5.41, 5.74) is 4.22. The highest BCUT2D eigenvalue weighted by Crippen LogP contribution is 2.51. The molecule has 2 fully saturated rings. The Labute approximate surface area is 104 Å². The van der Waals surface area contributed by atoms with Crippen LogP contribution in [0.15, 0.2) is 44.4 Å². The monoisotopic (exact) mass is 243 g/mol. The summed E-state index contributed by atoms with van der Waals surface area (Å²) in [6, 6.07) is 0. The number of azo groups is 1. The topological polar surface area (TPSA) is 74.0 Å². The van der Waals surface area contributed by atoms with Crippen molar-refractivity contribution in [1.82, 2.24) is 5.32 Å². The zero-order valence-electron chi connectivity index (χ0n) is 9.86. The van der Waals surface area contributed by atoms with E-state index >= 15 is 0 Å². The van der Waals surface area contributed by atoms with Crippen molar-refractivity contribution >= 4 is 5.91 Å². The highest BCUT2D eigenvalue weighted by Gasteiger charge is 2.42. The number of aliphatic hydroxyl groups excluding tert-OH is 1. The molecule has 1 amide bonds. The number of carbonyl (C=O) groups is 1. The maximum Gasteiger partial charge on any atom is 0.273 e. The zero-order valence-corrected chi connectivity index (χ0v) is 9.86. The SMILES string of the molecule is O=C(NC1(CO)CCC1)C1=C2C=C3CC3=C2N=N1. The van der Waals surface area contributed by atoms with Gasteiger partial charge in [-0.2, -0.15) is 0 Å². The number of rotatable bonds is 3. The maximum absolute atomic E-state index is 12.2. The molecule has 1 heterocycles. The lowest BCUT2D eigenvalue weighted by Gasteiger charge is -2.40. The van der Waals surface area contributed by atoms with Gasteiger partial charge in [-0.15, -0.1) is 10.2 Å². The number of nitrogens with zero attached hydrogens (tertiary/aromatic N) is 2. The molecule has 0 aromatic carbocycles. The van der Waals surface area contributed by atoms with E-state index < -0.39 is 5.54 Å². The largest absolute Gasteiger partial charge is 0.394 e. The fraction of sp³-hybridized carbons (Fsp3) is 0.462. The lowest BCUT2D eigenvalue weighted by molar-refractivity contribution is -0.121. The molecule has 0 aromatic rings.